The molecule has 4 rings (SSSR count). The lowest BCUT2D eigenvalue weighted by Crippen LogP contribution is -1.85. The summed E-state index contributed by atoms with van der Waals surface area (Å²) in [5.41, 5.74) is 5.57. The van der Waals surface area contributed by atoms with E-state index in [1.165, 1.54) is 5.56 Å². The molecule has 5 heteroatoms. The summed E-state index contributed by atoms with van der Waals surface area (Å²) in [4.78, 5) is 0. The Bertz CT molecular complexity index is 1180. The van der Waals surface area contributed by atoms with Crippen LogP contribution in [0.25, 0.3) is 33.4 Å². The smallest absolute Gasteiger partial charge is 0.208 e. The summed E-state index contributed by atoms with van der Waals surface area (Å²) < 4.78 is 0. The molecule has 0 aromatic heterocycles. The first-order valence-corrected chi connectivity index (χ1v) is 9.33. The predicted octanol–water partition coefficient (Wildman–Crippen LogP) is 5.52. The van der Waals surface area contributed by atoms with Crippen molar-refractivity contribution in [2.75, 3.05) is 0 Å². The summed E-state index contributed by atoms with van der Waals surface area (Å²) in [5, 5.41) is 49.2. The molecule has 0 fully saturated rings. The van der Waals surface area contributed by atoms with Crippen LogP contribution in [0.15, 0.2) is 72.8 Å². The van der Waals surface area contributed by atoms with Crippen LogP contribution < -0.4 is 0 Å². The van der Waals surface area contributed by atoms with Crippen molar-refractivity contribution in [1.82, 2.24) is 0 Å². The number of phenolic OH excluding ortho intramolecular Hbond substituents is 5. The third-order valence-corrected chi connectivity index (χ3v) is 5.15. The van der Waals surface area contributed by atoms with Crippen LogP contribution >= 0.6 is 0 Å². The number of benzene rings is 4. The highest BCUT2D eigenvalue weighted by molar-refractivity contribution is 5.86. The van der Waals surface area contributed by atoms with Gasteiger partial charge in [0, 0.05) is 0 Å². The fourth-order valence-corrected chi connectivity index (χ4v) is 3.39. The highest BCUT2D eigenvalue weighted by Crippen LogP contribution is 2.54. The zero-order valence-corrected chi connectivity index (χ0v) is 16.2. The van der Waals surface area contributed by atoms with E-state index >= 15 is 0 Å². The van der Waals surface area contributed by atoms with Gasteiger partial charge in [-0.2, -0.15) is 0 Å². The van der Waals surface area contributed by atoms with Crippen molar-refractivity contribution in [3.63, 3.8) is 0 Å². The Balaban J connectivity index is 1.66. The van der Waals surface area contributed by atoms with E-state index in [1.807, 2.05) is 24.3 Å². The first-order valence-electron chi connectivity index (χ1n) is 9.33. The zero-order valence-electron chi connectivity index (χ0n) is 16.2. The Hall–Kier alpha value is -4.12. The average Bonchev–Trinajstić information content (AvgIpc) is 2.78. The number of hydrogen-bond acceptors (Lipinski definition) is 5. The summed E-state index contributed by atoms with van der Waals surface area (Å²) in [6, 6.07) is 23.3. The van der Waals surface area contributed by atoms with Gasteiger partial charge in [0.15, 0.2) is 11.5 Å². The maximum atomic E-state index is 10.1. The highest BCUT2D eigenvalue weighted by atomic mass is 16.4. The van der Waals surface area contributed by atoms with E-state index in [1.54, 1.807) is 24.3 Å². The topological polar surface area (TPSA) is 101 Å². The van der Waals surface area contributed by atoms with Gasteiger partial charge in [0.05, 0.1) is 5.56 Å². The van der Waals surface area contributed by atoms with Gasteiger partial charge >= 0.3 is 0 Å². The second-order valence-corrected chi connectivity index (χ2v) is 7.14. The van der Waals surface area contributed by atoms with Gasteiger partial charge in [-0.1, -0.05) is 78.4 Å². The zero-order chi connectivity index (χ0) is 21.4. The summed E-state index contributed by atoms with van der Waals surface area (Å²) >= 11 is 0. The third-order valence-electron chi connectivity index (χ3n) is 5.15. The van der Waals surface area contributed by atoms with E-state index in [0.717, 1.165) is 22.3 Å². The lowest BCUT2D eigenvalue weighted by Gasteiger charge is -2.13. The van der Waals surface area contributed by atoms with Gasteiger partial charge in [0.1, 0.15) is 0 Å². The molecule has 0 aliphatic carbocycles. The van der Waals surface area contributed by atoms with Gasteiger partial charge in [-0.15, -0.1) is 0 Å². The minimum absolute atomic E-state index is 0.163. The minimum Gasteiger partial charge on any atom is -0.504 e. The molecular formula is C25H20O5. The SMILES string of the molecule is Cc1ccc(-c2ccc(-c3ccc(-c4c(O)c(O)c(O)c(O)c4O)cc3)cc2)cc1. The quantitative estimate of drug-likeness (QED) is 0.230. The van der Waals surface area contributed by atoms with E-state index in [0.29, 0.717) is 5.56 Å². The van der Waals surface area contributed by atoms with Crippen LogP contribution in [0, 0.1) is 6.92 Å². The predicted molar refractivity (Wildman–Crippen MR) is 116 cm³/mol. The van der Waals surface area contributed by atoms with Crippen LogP contribution in [0.3, 0.4) is 0 Å². The number of hydrogen-bond donors (Lipinski definition) is 5. The summed E-state index contributed by atoms with van der Waals surface area (Å²) in [6.45, 7) is 2.05. The van der Waals surface area contributed by atoms with Crippen molar-refractivity contribution < 1.29 is 25.5 Å². The van der Waals surface area contributed by atoms with E-state index in [9.17, 15) is 25.5 Å². The molecule has 30 heavy (non-hydrogen) atoms. The van der Waals surface area contributed by atoms with Crippen molar-refractivity contribution in [1.29, 1.82) is 0 Å². The van der Waals surface area contributed by atoms with Gasteiger partial charge in [0.2, 0.25) is 17.2 Å². The van der Waals surface area contributed by atoms with Gasteiger partial charge in [-0.3, -0.25) is 0 Å². The number of aryl methyl sites for hydroxylation is 1. The van der Waals surface area contributed by atoms with E-state index < -0.39 is 28.7 Å². The average molecular weight is 400 g/mol. The van der Waals surface area contributed by atoms with Crippen LogP contribution in [0.5, 0.6) is 28.7 Å². The second kappa shape index (κ2) is 7.37. The summed E-state index contributed by atoms with van der Waals surface area (Å²) in [5.74, 6) is -4.18. The largest absolute Gasteiger partial charge is 0.504 e. The van der Waals surface area contributed by atoms with Gasteiger partial charge in [-0.25, -0.2) is 0 Å². The van der Waals surface area contributed by atoms with E-state index in [-0.39, 0.29) is 5.56 Å². The lowest BCUT2D eigenvalue weighted by atomic mass is 9.96. The highest BCUT2D eigenvalue weighted by Gasteiger charge is 2.24. The molecule has 0 aliphatic rings. The number of aromatic hydroxyl groups is 5. The molecule has 0 heterocycles. The normalized spacial score (nSPS) is 10.8. The number of rotatable bonds is 3. The second-order valence-electron chi connectivity index (χ2n) is 7.14. The molecule has 4 aromatic rings. The summed E-state index contributed by atoms with van der Waals surface area (Å²) in [6.07, 6.45) is 0. The maximum absolute atomic E-state index is 10.1. The molecule has 150 valence electrons. The third kappa shape index (κ3) is 3.26. The minimum atomic E-state index is -0.973. The van der Waals surface area contributed by atoms with Crippen LogP contribution in [0.2, 0.25) is 0 Å². The molecule has 0 unspecified atom stereocenters. The Morgan fingerprint density at radius 1 is 0.367 bits per heavy atom. The molecule has 0 saturated heterocycles. The lowest BCUT2D eigenvalue weighted by molar-refractivity contribution is 0.330. The molecule has 0 aliphatic heterocycles. The van der Waals surface area contributed by atoms with Crippen LogP contribution in [-0.4, -0.2) is 25.5 Å². The maximum Gasteiger partial charge on any atom is 0.208 e. The van der Waals surface area contributed by atoms with Crippen molar-refractivity contribution in [3.05, 3.63) is 78.4 Å². The first-order chi connectivity index (χ1) is 14.4. The molecule has 0 saturated carbocycles. The monoisotopic (exact) mass is 400 g/mol. The Kier molecular flexibility index (Phi) is 4.72. The van der Waals surface area contributed by atoms with Crippen molar-refractivity contribution in [2.45, 2.75) is 6.92 Å². The summed E-state index contributed by atoms with van der Waals surface area (Å²) in [7, 11) is 0. The van der Waals surface area contributed by atoms with Gasteiger partial charge < -0.3 is 25.5 Å². The first kappa shape index (κ1) is 19.2. The van der Waals surface area contributed by atoms with Crippen LogP contribution in [0.1, 0.15) is 5.56 Å². The Morgan fingerprint density at radius 2 is 0.633 bits per heavy atom. The molecule has 0 atom stereocenters. The number of phenols is 5. The molecule has 5 nitrogen and oxygen atoms in total. The fraction of sp³-hybridized carbons (Fsp3) is 0.0400. The Labute approximate surface area is 173 Å². The Morgan fingerprint density at radius 3 is 1.00 bits per heavy atom. The molecule has 0 radical (unpaired) electrons. The van der Waals surface area contributed by atoms with Gasteiger partial charge in [0.25, 0.3) is 0 Å². The molecule has 5 N–H and O–H groups in total. The molecule has 4 aromatic carbocycles. The molecule has 0 amide bonds. The van der Waals surface area contributed by atoms with E-state index in [4.69, 9.17) is 0 Å². The fourth-order valence-electron chi connectivity index (χ4n) is 3.39. The van der Waals surface area contributed by atoms with Crippen LogP contribution in [-0.2, 0) is 0 Å². The van der Waals surface area contributed by atoms with E-state index in [2.05, 4.69) is 31.2 Å². The standard InChI is InChI=1S/C25H20O5/c1-14-2-4-15(5-3-14)16-6-8-17(9-7-16)18-10-12-19(13-11-18)20-21(26)23(28)25(30)24(29)22(20)27/h2-13,26-30H,1H3. The molecule has 0 bridgehead atoms. The van der Waals surface area contributed by atoms with Gasteiger partial charge in [-0.05, 0) is 34.7 Å². The molecule has 0 spiro atoms. The molecular weight excluding hydrogens is 380 g/mol. The van der Waals surface area contributed by atoms with Crippen molar-refractivity contribution >= 4 is 0 Å². The van der Waals surface area contributed by atoms with Crippen molar-refractivity contribution in [2.24, 2.45) is 0 Å². The van der Waals surface area contributed by atoms with Crippen LogP contribution in [0.4, 0.5) is 0 Å². The van der Waals surface area contributed by atoms with Crippen molar-refractivity contribution in [3.8, 4) is 62.1 Å².